The Bertz CT molecular complexity index is 479. The Hall–Kier alpha value is -1.68. The number of imidazole rings is 1. The lowest BCUT2D eigenvalue weighted by molar-refractivity contribution is 0.626. The summed E-state index contributed by atoms with van der Waals surface area (Å²) in [4.78, 5) is 7.50. The molecule has 0 spiro atoms. The number of nitrogens with zero attached hydrogens (tertiary/aromatic N) is 1. The summed E-state index contributed by atoms with van der Waals surface area (Å²) in [5, 5.41) is 3.22. The monoisotopic (exact) mass is 233 g/mol. The van der Waals surface area contributed by atoms with Gasteiger partial charge >= 0.3 is 0 Å². The van der Waals surface area contributed by atoms with Crippen molar-refractivity contribution in [3.05, 3.63) is 53.4 Å². The van der Waals surface area contributed by atoms with Crippen molar-refractivity contribution in [2.45, 2.75) is 19.9 Å². The Morgan fingerprint density at radius 1 is 1.41 bits per heavy atom. The van der Waals surface area contributed by atoms with Gasteiger partial charge in [0, 0.05) is 24.9 Å². The summed E-state index contributed by atoms with van der Waals surface area (Å²) >= 11 is 0. The fourth-order valence-corrected chi connectivity index (χ4v) is 1.69. The molecule has 0 saturated carbocycles. The first-order chi connectivity index (χ1) is 8.28. The maximum atomic E-state index is 13.0. The van der Waals surface area contributed by atoms with Crippen LogP contribution in [0, 0.1) is 5.82 Å². The normalized spacial score (nSPS) is 10.7. The summed E-state index contributed by atoms with van der Waals surface area (Å²) < 4.78 is 13.0. The van der Waals surface area contributed by atoms with E-state index in [-0.39, 0.29) is 5.82 Å². The quantitative estimate of drug-likeness (QED) is 0.831. The van der Waals surface area contributed by atoms with Crippen LogP contribution in [0.3, 0.4) is 0 Å². The van der Waals surface area contributed by atoms with Crippen molar-refractivity contribution < 1.29 is 4.39 Å². The molecule has 0 saturated heterocycles. The number of benzene rings is 1. The van der Waals surface area contributed by atoms with Gasteiger partial charge in [-0.15, -0.1) is 0 Å². The van der Waals surface area contributed by atoms with Crippen molar-refractivity contribution >= 4 is 0 Å². The second-order valence-electron chi connectivity index (χ2n) is 3.94. The number of H-pyrrole nitrogens is 1. The zero-order valence-corrected chi connectivity index (χ0v) is 9.83. The van der Waals surface area contributed by atoms with Crippen LogP contribution in [0.1, 0.15) is 24.0 Å². The number of aromatic amines is 1. The zero-order chi connectivity index (χ0) is 12.1. The third-order valence-electron chi connectivity index (χ3n) is 2.51. The first-order valence-electron chi connectivity index (χ1n) is 5.76. The number of hydrogen-bond donors (Lipinski definition) is 2. The summed E-state index contributed by atoms with van der Waals surface area (Å²) in [5.74, 6) is 0.658. The second kappa shape index (κ2) is 5.59. The molecule has 2 aromatic rings. The molecule has 0 amide bonds. The van der Waals surface area contributed by atoms with Gasteiger partial charge in [0.15, 0.2) is 0 Å². The molecule has 0 atom stereocenters. The van der Waals surface area contributed by atoms with Crippen LogP contribution in [0.15, 0.2) is 30.5 Å². The molecule has 0 aliphatic carbocycles. The molecule has 4 heteroatoms. The summed E-state index contributed by atoms with van der Waals surface area (Å²) in [6.45, 7) is 3.77. The highest BCUT2D eigenvalue weighted by Crippen LogP contribution is 2.08. The van der Waals surface area contributed by atoms with Gasteiger partial charge in [0.25, 0.3) is 0 Å². The average molecular weight is 233 g/mol. The first-order valence-corrected chi connectivity index (χ1v) is 5.76. The van der Waals surface area contributed by atoms with Gasteiger partial charge in [0.1, 0.15) is 11.6 Å². The van der Waals surface area contributed by atoms with Crippen LogP contribution in [0.4, 0.5) is 4.39 Å². The Labute approximate surface area is 100 Å². The third-order valence-corrected chi connectivity index (χ3v) is 2.51. The molecule has 0 bridgehead atoms. The van der Waals surface area contributed by atoms with Gasteiger partial charge in [0.2, 0.25) is 0 Å². The molecule has 0 aliphatic heterocycles. The Balaban J connectivity index is 2.01. The highest BCUT2D eigenvalue weighted by atomic mass is 19.1. The van der Waals surface area contributed by atoms with E-state index in [1.54, 1.807) is 6.07 Å². The van der Waals surface area contributed by atoms with Gasteiger partial charge in [0.05, 0.1) is 0 Å². The average Bonchev–Trinajstić information content (AvgIpc) is 2.74. The summed E-state index contributed by atoms with van der Waals surface area (Å²) in [6, 6.07) is 6.59. The number of aromatic nitrogens is 2. The van der Waals surface area contributed by atoms with Gasteiger partial charge in [-0.25, -0.2) is 9.37 Å². The van der Waals surface area contributed by atoms with Crippen LogP contribution in [0.5, 0.6) is 0 Å². The van der Waals surface area contributed by atoms with Crippen LogP contribution in [-0.4, -0.2) is 16.5 Å². The standard InChI is InChI=1S/C13H16FN3/c1-2-15-8-12-9-16-13(17-12)7-10-4-3-5-11(14)6-10/h3-6,9,15H,2,7-8H2,1H3,(H,16,17). The van der Waals surface area contributed by atoms with Crippen LogP contribution in [-0.2, 0) is 13.0 Å². The molecule has 0 unspecified atom stereocenters. The van der Waals surface area contributed by atoms with E-state index in [2.05, 4.69) is 22.2 Å². The zero-order valence-electron chi connectivity index (χ0n) is 9.83. The van der Waals surface area contributed by atoms with Crippen LogP contribution >= 0.6 is 0 Å². The van der Waals surface area contributed by atoms with Crippen molar-refractivity contribution in [1.82, 2.24) is 15.3 Å². The minimum Gasteiger partial charge on any atom is -0.345 e. The molecule has 0 radical (unpaired) electrons. The van der Waals surface area contributed by atoms with Crippen molar-refractivity contribution in [1.29, 1.82) is 0 Å². The predicted molar refractivity (Wildman–Crippen MR) is 65.2 cm³/mol. The molecule has 90 valence electrons. The third kappa shape index (κ3) is 3.39. The van der Waals surface area contributed by atoms with E-state index in [0.717, 1.165) is 30.2 Å². The fraction of sp³-hybridized carbons (Fsp3) is 0.308. The SMILES string of the molecule is CCNCc1cnc(Cc2cccc(F)c2)[nH]1. The lowest BCUT2D eigenvalue weighted by atomic mass is 10.1. The molecule has 0 aliphatic rings. The van der Waals surface area contributed by atoms with E-state index in [1.165, 1.54) is 12.1 Å². The maximum Gasteiger partial charge on any atom is 0.123 e. The van der Waals surface area contributed by atoms with Crippen LogP contribution < -0.4 is 5.32 Å². The van der Waals surface area contributed by atoms with Crippen LogP contribution in [0.25, 0.3) is 0 Å². The number of rotatable bonds is 5. The topological polar surface area (TPSA) is 40.7 Å². The second-order valence-corrected chi connectivity index (χ2v) is 3.94. The highest BCUT2D eigenvalue weighted by Gasteiger charge is 2.02. The van der Waals surface area contributed by atoms with Crippen LogP contribution in [0.2, 0.25) is 0 Å². The molecule has 17 heavy (non-hydrogen) atoms. The smallest absolute Gasteiger partial charge is 0.123 e. The minimum atomic E-state index is -0.207. The van der Waals surface area contributed by atoms with E-state index in [9.17, 15) is 4.39 Å². The van der Waals surface area contributed by atoms with E-state index in [0.29, 0.717) is 6.42 Å². The molecule has 0 fully saturated rings. The molecule has 1 aromatic carbocycles. The number of halogens is 1. The largest absolute Gasteiger partial charge is 0.345 e. The van der Waals surface area contributed by atoms with Crippen molar-refractivity contribution in [3.8, 4) is 0 Å². The highest BCUT2D eigenvalue weighted by molar-refractivity contribution is 5.20. The minimum absolute atomic E-state index is 0.207. The Kier molecular flexibility index (Phi) is 3.88. The van der Waals surface area contributed by atoms with E-state index < -0.39 is 0 Å². The molecule has 3 nitrogen and oxygen atoms in total. The summed E-state index contributed by atoms with van der Waals surface area (Å²) in [5.41, 5.74) is 1.98. The van der Waals surface area contributed by atoms with E-state index in [4.69, 9.17) is 0 Å². The molecular formula is C13H16FN3. The van der Waals surface area contributed by atoms with Crippen molar-refractivity contribution in [3.63, 3.8) is 0 Å². The Morgan fingerprint density at radius 3 is 3.06 bits per heavy atom. The van der Waals surface area contributed by atoms with Gasteiger partial charge in [-0.05, 0) is 24.2 Å². The summed E-state index contributed by atoms with van der Waals surface area (Å²) in [7, 11) is 0. The van der Waals surface area contributed by atoms with Gasteiger partial charge < -0.3 is 10.3 Å². The first kappa shape index (κ1) is 11.8. The molecule has 2 N–H and O–H groups in total. The maximum absolute atomic E-state index is 13.0. The van der Waals surface area contributed by atoms with E-state index in [1.807, 2.05) is 12.3 Å². The van der Waals surface area contributed by atoms with Gasteiger partial charge in [-0.3, -0.25) is 0 Å². The van der Waals surface area contributed by atoms with E-state index >= 15 is 0 Å². The molecular weight excluding hydrogens is 217 g/mol. The fourth-order valence-electron chi connectivity index (χ4n) is 1.69. The molecule has 1 heterocycles. The number of hydrogen-bond acceptors (Lipinski definition) is 2. The van der Waals surface area contributed by atoms with Crippen molar-refractivity contribution in [2.24, 2.45) is 0 Å². The molecule has 2 rings (SSSR count). The number of nitrogens with one attached hydrogen (secondary N) is 2. The summed E-state index contributed by atoms with van der Waals surface area (Å²) in [6.07, 6.45) is 2.45. The Morgan fingerprint density at radius 2 is 2.29 bits per heavy atom. The van der Waals surface area contributed by atoms with Gasteiger partial charge in [-0.2, -0.15) is 0 Å². The van der Waals surface area contributed by atoms with Gasteiger partial charge in [-0.1, -0.05) is 19.1 Å². The molecule has 1 aromatic heterocycles. The predicted octanol–water partition coefficient (Wildman–Crippen LogP) is 2.25. The van der Waals surface area contributed by atoms with Crippen molar-refractivity contribution in [2.75, 3.05) is 6.54 Å². The lowest BCUT2D eigenvalue weighted by Crippen LogP contribution is -2.11. The lowest BCUT2D eigenvalue weighted by Gasteiger charge is -1.99.